The molecule has 0 unspecified atom stereocenters. The molecular weight excluding hydrogens is 230 g/mol. The highest BCUT2D eigenvalue weighted by molar-refractivity contribution is 5.66. The number of hydrogen-bond donors (Lipinski definition) is 2. The van der Waals surface area contributed by atoms with Crippen LogP contribution < -0.4 is 15.8 Å². The predicted octanol–water partition coefficient (Wildman–Crippen LogP) is 0.993. The molecule has 18 heavy (non-hydrogen) atoms. The smallest absolute Gasteiger partial charge is 0.242 e. The van der Waals surface area contributed by atoms with E-state index in [1.807, 2.05) is 6.92 Å². The highest BCUT2D eigenvalue weighted by Gasteiger charge is 2.10. The zero-order valence-electron chi connectivity index (χ0n) is 11.7. The van der Waals surface area contributed by atoms with Crippen LogP contribution in [0.25, 0.3) is 0 Å². The summed E-state index contributed by atoms with van der Waals surface area (Å²) in [7, 11) is 5.67. The number of anilines is 2. The van der Waals surface area contributed by atoms with E-state index in [4.69, 9.17) is 10.5 Å². The van der Waals surface area contributed by atoms with Crippen molar-refractivity contribution in [1.82, 2.24) is 14.9 Å². The van der Waals surface area contributed by atoms with Crippen LogP contribution in [0.3, 0.4) is 0 Å². The van der Waals surface area contributed by atoms with Gasteiger partial charge in [0.2, 0.25) is 5.88 Å². The molecule has 0 aliphatic rings. The molecule has 6 nitrogen and oxygen atoms in total. The third-order valence-corrected chi connectivity index (χ3v) is 2.54. The van der Waals surface area contributed by atoms with Gasteiger partial charge >= 0.3 is 0 Å². The molecule has 3 N–H and O–H groups in total. The fourth-order valence-corrected chi connectivity index (χ4v) is 1.54. The molecule has 0 amide bonds. The summed E-state index contributed by atoms with van der Waals surface area (Å²) in [5.74, 6) is 1.84. The number of nitrogens with zero attached hydrogens (tertiary/aromatic N) is 3. The average molecular weight is 253 g/mol. The van der Waals surface area contributed by atoms with Gasteiger partial charge in [-0.25, -0.2) is 4.98 Å². The molecule has 6 heteroatoms. The lowest BCUT2D eigenvalue weighted by Gasteiger charge is -2.13. The number of aryl methyl sites for hydroxylation is 1. The summed E-state index contributed by atoms with van der Waals surface area (Å²) in [6.07, 6.45) is 1.78. The molecule has 0 fully saturated rings. The lowest BCUT2D eigenvalue weighted by molar-refractivity contribution is 0.397. The maximum Gasteiger partial charge on any atom is 0.242 e. The van der Waals surface area contributed by atoms with Crippen LogP contribution in [0.15, 0.2) is 0 Å². The number of aromatic nitrogens is 2. The van der Waals surface area contributed by atoms with Gasteiger partial charge in [0, 0.05) is 13.0 Å². The van der Waals surface area contributed by atoms with Crippen LogP contribution in [0, 0.1) is 0 Å². The number of hydrogen-bond acceptors (Lipinski definition) is 6. The van der Waals surface area contributed by atoms with E-state index in [-0.39, 0.29) is 0 Å². The van der Waals surface area contributed by atoms with Crippen molar-refractivity contribution in [2.45, 2.75) is 19.8 Å². The standard InChI is InChI=1S/C12H23N5O/c1-5-9-15-11(10(13)12(16-9)18-4)14-7-6-8-17(2)3/h5-8,13H2,1-4H3,(H,14,15,16). The van der Waals surface area contributed by atoms with Crippen LogP contribution in [0.2, 0.25) is 0 Å². The Balaban J connectivity index is 2.68. The lowest BCUT2D eigenvalue weighted by atomic mass is 10.3. The Hall–Kier alpha value is -1.56. The summed E-state index contributed by atoms with van der Waals surface area (Å²) in [6.45, 7) is 3.85. The second kappa shape index (κ2) is 7.00. The van der Waals surface area contributed by atoms with Gasteiger partial charge in [-0.05, 0) is 27.1 Å². The van der Waals surface area contributed by atoms with Gasteiger partial charge in [0.1, 0.15) is 11.5 Å². The maximum absolute atomic E-state index is 5.94. The van der Waals surface area contributed by atoms with Gasteiger partial charge in [-0.3, -0.25) is 0 Å². The van der Waals surface area contributed by atoms with Crippen molar-refractivity contribution >= 4 is 11.5 Å². The van der Waals surface area contributed by atoms with Crippen LogP contribution in [-0.4, -0.2) is 49.2 Å². The van der Waals surface area contributed by atoms with E-state index < -0.39 is 0 Å². The number of rotatable bonds is 7. The van der Waals surface area contributed by atoms with E-state index in [0.717, 1.165) is 31.8 Å². The molecule has 0 saturated heterocycles. The Morgan fingerprint density at radius 3 is 2.61 bits per heavy atom. The van der Waals surface area contributed by atoms with Crippen molar-refractivity contribution in [2.24, 2.45) is 0 Å². The summed E-state index contributed by atoms with van der Waals surface area (Å²) < 4.78 is 5.15. The van der Waals surface area contributed by atoms with Crippen molar-refractivity contribution in [3.63, 3.8) is 0 Å². The molecule has 0 bridgehead atoms. The van der Waals surface area contributed by atoms with Gasteiger partial charge in [0.15, 0.2) is 5.82 Å². The van der Waals surface area contributed by atoms with Gasteiger partial charge in [-0.15, -0.1) is 0 Å². The van der Waals surface area contributed by atoms with Gasteiger partial charge in [-0.2, -0.15) is 4.98 Å². The molecule has 0 aromatic carbocycles. The maximum atomic E-state index is 5.94. The Labute approximate surface area is 109 Å². The van der Waals surface area contributed by atoms with Crippen LogP contribution in [0.4, 0.5) is 11.5 Å². The quantitative estimate of drug-likeness (QED) is 0.706. The van der Waals surface area contributed by atoms with Gasteiger partial charge in [0.25, 0.3) is 0 Å². The number of methoxy groups -OCH3 is 1. The van der Waals surface area contributed by atoms with Crippen LogP contribution in [-0.2, 0) is 6.42 Å². The molecule has 102 valence electrons. The fraction of sp³-hybridized carbons (Fsp3) is 0.667. The van der Waals surface area contributed by atoms with Crippen LogP contribution in [0.5, 0.6) is 5.88 Å². The minimum Gasteiger partial charge on any atom is -0.479 e. The number of nitrogen functional groups attached to an aromatic ring is 1. The summed E-state index contributed by atoms with van der Waals surface area (Å²) in [4.78, 5) is 10.7. The van der Waals surface area contributed by atoms with E-state index in [1.165, 1.54) is 0 Å². The van der Waals surface area contributed by atoms with Crippen molar-refractivity contribution in [3.8, 4) is 5.88 Å². The molecule has 1 heterocycles. The Morgan fingerprint density at radius 2 is 2.06 bits per heavy atom. The van der Waals surface area contributed by atoms with Crippen LogP contribution >= 0.6 is 0 Å². The first-order chi connectivity index (χ1) is 8.58. The SMILES string of the molecule is CCc1nc(NCCCN(C)C)c(N)c(OC)n1. The average Bonchev–Trinajstić information content (AvgIpc) is 2.36. The van der Waals surface area contributed by atoms with Gasteiger partial charge in [0.05, 0.1) is 7.11 Å². The minimum absolute atomic E-state index is 0.442. The second-order valence-electron chi connectivity index (χ2n) is 4.35. The summed E-state index contributed by atoms with van der Waals surface area (Å²) >= 11 is 0. The number of nitrogens with two attached hydrogens (primary N) is 1. The van der Waals surface area contributed by atoms with Gasteiger partial charge in [-0.1, -0.05) is 6.92 Å². The second-order valence-corrected chi connectivity index (χ2v) is 4.35. The zero-order chi connectivity index (χ0) is 13.5. The third kappa shape index (κ3) is 4.03. The largest absolute Gasteiger partial charge is 0.479 e. The molecule has 0 aliphatic heterocycles. The highest BCUT2D eigenvalue weighted by atomic mass is 16.5. The van der Waals surface area contributed by atoms with E-state index in [9.17, 15) is 0 Å². The Kier molecular flexibility index (Phi) is 5.64. The van der Waals surface area contributed by atoms with Crippen molar-refractivity contribution in [1.29, 1.82) is 0 Å². The molecule has 0 aliphatic carbocycles. The highest BCUT2D eigenvalue weighted by Crippen LogP contribution is 2.25. The molecular formula is C12H23N5O. The first-order valence-corrected chi connectivity index (χ1v) is 6.17. The normalized spacial score (nSPS) is 10.7. The summed E-state index contributed by atoms with van der Waals surface area (Å²) in [5.41, 5.74) is 6.41. The third-order valence-electron chi connectivity index (χ3n) is 2.54. The first-order valence-electron chi connectivity index (χ1n) is 6.17. The van der Waals surface area contributed by atoms with Crippen molar-refractivity contribution in [2.75, 3.05) is 45.3 Å². The molecule has 0 spiro atoms. The topological polar surface area (TPSA) is 76.3 Å². The molecule has 1 rings (SSSR count). The number of ether oxygens (including phenoxy) is 1. The van der Waals surface area contributed by atoms with Crippen molar-refractivity contribution in [3.05, 3.63) is 5.82 Å². The molecule has 0 atom stereocenters. The van der Waals surface area contributed by atoms with Crippen LogP contribution in [0.1, 0.15) is 19.2 Å². The van der Waals surface area contributed by atoms with Gasteiger partial charge < -0.3 is 20.7 Å². The lowest BCUT2D eigenvalue weighted by Crippen LogP contribution is -2.17. The van der Waals surface area contributed by atoms with E-state index >= 15 is 0 Å². The summed E-state index contributed by atoms with van der Waals surface area (Å²) in [5, 5.41) is 3.23. The minimum atomic E-state index is 0.442. The Bertz CT molecular complexity index is 381. The fourth-order valence-electron chi connectivity index (χ4n) is 1.54. The Morgan fingerprint density at radius 1 is 1.33 bits per heavy atom. The molecule has 0 saturated carbocycles. The molecule has 1 aromatic rings. The molecule has 1 aromatic heterocycles. The zero-order valence-corrected chi connectivity index (χ0v) is 11.7. The van der Waals surface area contributed by atoms with E-state index in [2.05, 4.69) is 34.3 Å². The summed E-state index contributed by atoms with van der Waals surface area (Å²) in [6, 6.07) is 0. The van der Waals surface area contributed by atoms with E-state index in [0.29, 0.717) is 17.4 Å². The van der Waals surface area contributed by atoms with Crippen molar-refractivity contribution < 1.29 is 4.74 Å². The predicted molar refractivity (Wildman–Crippen MR) is 74.0 cm³/mol. The monoisotopic (exact) mass is 253 g/mol. The van der Waals surface area contributed by atoms with E-state index in [1.54, 1.807) is 7.11 Å². The first kappa shape index (κ1) is 14.5. The molecule has 0 radical (unpaired) electrons. The number of nitrogens with one attached hydrogen (secondary N) is 1.